The van der Waals surface area contributed by atoms with E-state index in [1.54, 1.807) is 17.4 Å². The SMILES string of the molecule is C=CCn1c(COc2cccc(C(F)(F)F)c2)nnc1SCc1csc(-c2cccc(C)c2)n1. The van der Waals surface area contributed by atoms with Crippen LogP contribution < -0.4 is 4.74 Å². The molecule has 4 aromatic rings. The van der Waals surface area contributed by atoms with Crippen molar-refractivity contribution in [2.75, 3.05) is 0 Å². The van der Waals surface area contributed by atoms with Crippen LogP contribution in [0.15, 0.2) is 71.7 Å². The summed E-state index contributed by atoms with van der Waals surface area (Å²) in [5, 5.41) is 12.1. The molecule has 5 nitrogen and oxygen atoms in total. The molecule has 2 heterocycles. The third kappa shape index (κ3) is 5.87. The van der Waals surface area contributed by atoms with Crippen molar-refractivity contribution in [3.8, 4) is 16.3 Å². The third-order valence-electron chi connectivity index (χ3n) is 4.80. The van der Waals surface area contributed by atoms with Gasteiger partial charge in [-0.1, -0.05) is 47.7 Å². The summed E-state index contributed by atoms with van der Waals surface area (Å²) >= 11 is 3.07. The summed E-state index contributed by atoms with van der Waals surface area (Å²) in [6.07, 6.45) is -2.72. The molecule has 2 aromatic heterocycles. The second-order valence-electron chi connectivity index (χ2n) is 7.41. The molecule has 0 saturated carbocycles. The van der Waals surface area contributed by atoms with Gasteiger partial charge in [-0.2, -0.15) is 13.2 Å². The first-order valence-electron chi connectivity index (χ1n) is 10.3. The van der Waals surface area contributed by atoms with E-state index in [1.165, 1.54) is 29.5 Å². The van der Waals surface area contributed by atoms with Crippen LogP contribution in [0.4, 0.5) is 13.2 Å². The van der Waals surface area contributed by atoms with Gasteiger partial charge >= 0.3 is 6.18 Å². The number of thiazole rings is 1. The Hall–Kier alpha value is -3.11. The lowest BCUT2D eigenvalue weighted by atomic mass is 10.1. The average molecular weight is 503 g/mol. The lowest BCUT2D eigenvalue weighted by Gasteiger charge is -2.11. The number of hydrogen-bond donors (Lipinski definition) is 0. The maximum absolute atomic E-state index is 12.9. The fourth-order valence-corrected chi connectivity index (χ4v) is 4.96. The van der Waals surface area contributed by atoms with E-state index in [1.807, 2.05) is 22.1 Å². The molecule has 176 valence electrons. The van der Waals surface area contributed by atoms with Crippen LogP contribution in [0.3, 0.4) is 0 Å². The minimum atomic E-state index is -4.43. The molecule has 0 saturated heterocycles. The zero-order valence-corrected chi connectivity index (χ0v) is 19.9. The Kier molecular flexibility index (Phi) is 7.38. The van der Waals surface area contributed by atoms with E-state index >= 15 is 0 Å². The van der Waals surface area contributed by atoms with Gasteiger partial charge in [-0.05, 0) is 31.2 Å². The quantitative estimate of drug-likeness (QED) is 0.186. The number of aryl methyl sites for hydroxylation is 1. The number of nitrogens with zero attached hydrogens (tertiary/aromatic N) is 4. The molecule has 2 aromatic carbocycles. The Morgan fingerprint density at radius 1 is 1.15 bits per heavy atom. The van der Waals surface area contributed by atoms with Gasteiger partial charge in [0.1, 0.15) is 17.4 Å². The Morgan fingerprint density at radius 2 is 1.97 bits per heavy atom. The minimum Gasteiger partial charge on any atom is -0.486 e. The van der Waals surface area contributed by atoms with E-state index < -0.39 is 11.7 Å². The summed E-state index contributed by atoms with van der Waals surface area (Å²) in [6.45, 7) is 6.25. The molecule has 0 radical (unpaired) electrons. The van der Waals surface area contributed by atoms with Crippen LogP contribution in [0.5, 0.6) is 5.75 Å². The van der Waals surface area contributed by atoms with Crippen molar-refractivity contribution >= 4 is 23.1 Å². The predicted molar refractivity (Wildman–Crippen MR) is 128 cm³/mol. The monoisotopic (exact) mass is 502 g/mol. The fourth-order valence-electron chi connectivity index (χ4n) is 3.18. The molecule has 34 heavy (non-hydrogen) atoms. The van der Waals surface area contributed by atoms with Crippen LogP contribution in [0.2, 0.25) is 0 Å². The van der Waals surface area contributed by atoms with Crippen molar-refractivity contribution in [2.24, 2.45) is 0 Å². The van der Waals surface area contributed by atoms with E-state index in [2.05, 4.69) is 35.8 Å². The first kappa shape index (κ1) is 24.0. The summed E-state index contributed by atoms with van der Waals surface area (Å²) < 4.78 is 46.2. The minimum absolute atomic E-state index is 0.0169. The first-order valence-corrected chi connectivity index (χ1v) is 12.2. The summed E-state index contributed by atoms with van der Waals surface area (Å²) in [5.41, 5.74) is 2.44. The van der Waals surface area contributed by atoms with Crippen molar-refractivity contribution in [2.45, 2.75) is 37.2 Å². The van der Waals surface area contributed by atoms with Gasteiger partial charge in [-0.25, -0.2) is 4.98 Å². The zero-order chi connectivity index (χ0) is 24.1. The van der Waals surface area contributed by atoms with Gasteiger partial charge in [-0.3, -0.25) is 4.57 Å². The maximum atomic E-state index is 12.9. The molecule has 0 spiro atoms. The van der Waals surface area contributed by atoms with Crippen LogP contribution in [-0.2, 0) is 25.1 Å². The third-order valence-corrected chi connectivity index (χ3v) is 6.74. The summed E-state index contributed by atoms with van der Waals surface area (Å²) in [6, 6.07) is 13.0. The van der Waals surface area contributed by atoms with Crippen molar-refractivity contribution in [1.82, 2.24) is 19.7 Å². The fraction of sp³-hybridized carbons (Fsp3) is 0.208. The summed E-state index contributed by atoms with van der Waals surface area (Å²) in [4.78, 5) is 4.73. The molecule has 0 unspecified atom stereocenters. The van der Waals surface area contributed by atoms with Gasteiger partial charge in [0.05, 0.1) is 11.3 Å². The molecule has 0 bridgehead atoms. The number of allylic oxidation sites excluding steroid dienone is 1. The molecule has 0 amide bonds. The van der Waals surface area contributed by atoms with E-state index in [9.17, 15) is 13.2 Å². The molecule has 0 fully saturated rings. The first-order chi connectivity index (χ1) is 16.3. The molecular weight excluding hydrogens is 481 g/mol. The smallest absolute Gasteiger partial charge is 0.416 e. The van der Waals surface area contributed by atoms with Gasteiger partial charge in [-0.15, -0.1) is 28.1 Å². The van der Waals surface area contributed by atoms with E-state index in [0.717, 1.165) is 28.4 Å². The van der Waals surface area contributed by atoms with Gasteiger partial charge < -0.3 is 4.74 Å². The summed E-state index contributed by atoms with van der Waals surface area (Å²) in [5.74, 6) is 1.22. The van der Waals surface area contributed by atoms with Gasteiger partial charge in [0.2, 0.25) is 0 Å². The highest BCUT2D eigenvalue weighted by Gasteiger charge is 2.30. The van der Waals surface area contributed by atoms with E-state index in [4.69, 9.17) is 9.72 Å². The van der Waals surface area contributed by atoms with Crippen LogP contribution in [-0.4, -0.2) is 19.7 Å². The average Bonchev–Trinajstić information content (AvgIpc) is 3.43. The standard InChI is InChI=1S/C24H21F3N4OS2/c1-3-10-31-21(13-32-20-9-5-8-18(12-20)24(25,26)27)29-30-23(31)34-15-19-14-33-22(28-19)17-7-4-6-16(2)11-17/h3-9,11-12,14H,1,10,13,15H2,2H3. The molecular formula is C24H21F3N4OS2. The molecule has 0 atom stereocenters. The van der Waals surface area contributed by atoms with Crippen LogP contribution >= 0.6 is 23.1 Å². The number of ether oxygens (including phenoxy) is 1. The van der Waals surface area contributed by atoms with Crippen molar-refractivity contribution in [3.05, 3.63) is 89.2 Å². The second-order valence-corrected chi connectivity index (χ2v) is 9.22. The summed E-state index contributed by atoms with van der Waals surface area (Å²) in [7, 11) is 0. The predicted octanol–water partition coefficient (Wildman–Crippen LogP) is 6.79. The van der Waals surface area contributed by atoms with Gasteiger partial charge in [0, 0.05) is 23.2 Å². The van der Waals surface area contributed by atoms with E-state index in [0.29, 0.717) is 23.3 Å². The molecule has 4 rings (SSSR count). The Labute approximate surface area is 203 Å². The van der Waals surface area contributed by atoms with Crippen molar-refractivity contribution in [3.63, 3.8) is 0 Å². The van der Waals surface area contributed by atoms with Crippen LogP contribution in [0.1, 0.15) is 22.6 Å². The zero-order valence-electron chi connectivity index (χ0n) is 18.2. The maximum Gasteiger partial charge on any atom is 0.416 e. The number of rotatable bonds is 9. The number of alkyl halides is 3. The molecule has 0 aliphatic rings. The molecule has 0 aliphatic carbocycles. The van der Waals surface area contributed by atoms with Crippen LogP contribution in [0, 0.1) is 6.92 Å². The van der Waals surface area contributed by atoms with Crippen molar-refractivity contribution in [1.29, 1.82) is 0 Å². The van der Waals surface area contributed by atoms with Gasteiger partial charge in [0.15, 0.2) is 11.0 Å². The lowest BCUT2D eigenvalue weighted by Crippen LogP contribution is -2.08. The topological polar surface area (TPSA) is 52.8 Å². The van der Waals surface area contributed by atoms with Gasteiger partial charge in [0.25, 0.3) is 0 Å². The van der Waals surface area contributed by atoms with E-state index in [-0.39, 0.29) is 12.4 Å². The molecule has 10 heteroatoms. The molecule has 0 aliphatic heterocycles. The second kappa shape index (κ2) is 10.4. The number of hydrogen-bond acceptors (Lipinski definition) is 6. The van der Waals surface area contributed by atoms with Crippen LogP contribution in [0.25, 0.3) is 10.6 Å². The highest BCUT2D eigenvalue weighted by Crippen LogP contribution is 2.32. The Balaban J connectivity index is 1.43. The Morgan fingerprint density at radius 3 is 2.74 bits per heavy atom. The highest BCUT2D eigenvalue weighted by molar-refractivity contribution is 7.98. The Bertz CT molecular complexity index is 1280. The number of thioether (sulfide) groups is 1. The van der Waals surface area contributed by atoms with Crippen molar-refractivity contribution < 1.29 is 17.9 Å². The largest absolute Gasteiger partial charge is 0.486 e. The lowest BCUT2D eigenvalue weighted by molar-refractivity contribution is -0.137. The number of halogens is 3. The molecule has 0 N–H and O–H groups in total. The highest BCUT2D eigenvalue weighted by atomic mass is 32.2. The number of aromatic nitrogens is 4. The normalized spacial score (nSPS) is 11.5. The number of benzene rings is 2.